The molecule has 0 aliphatic rings. The average Bonchev–Trinajstić information content (AvgIpc) is 2.79. The van der Waals surface area contributed by atoms with Crippen molar-refractivity contribution in [1.29, 1.82) is 0 Å². The maximum absolute atomic E-state index is 9.50. The van der Waals surface area contributed by atoms with Crippen LogP contribution < -0.4 is 0 Å². The summed E-state index contributed by atoms with van der Waals surface area (Å²) in [4.78, 5) is 5.64. The third-order valence-corrected chi connectivity index (χ3v) is 3.17. The van der Waals surface area contributed by atoms with E-state index in [-0.39, 0.29) is 5.75 Å². The van der Waals surface area contributed by atoms with Gasteiger partial charge in [0.05, 0.1) is 0 Å². The number of aliphatic imine (C=N–C) groups is 1. The van der Waals surface area contributed by atoms with Gasteiger partial charge in [-0.25, -0.2) is 0 Å². The van der Waals surface area contributed by atoms with Gasteiger partial charge in [0.25, 0.3) is 0 Å². The number of aromatic hydroxyl groups is 1. The maximum atomic E-state index is 9.50. The van der Waals surface area contributed by atoms with Crippen LogP contribution in [0.15, 0.2) is 46.8 Å². The Bertz CT molecular complexity index is 463. The fraction of sp³-hybridized carbons (Fsp3) is 0.154. The third kappa shape index (κ3) is 2.94. The summed E-state index contributed by atoms with van der Waals surface area (Å²) in [5.41, 5.74) is 0.772. The summed E-state index contributed by atoms with van der Waals surface area (Å²) in [5.74, 6) is 0.280. The van der Waals surface area contributed by atoms with Crippen molar-refractivity contribution in [3.63, 3.8) is 0 Å². The summed E-state index contributed by atoms with van der Waals surface area (Å²) in [7, 11) is 0. The Labute approximate surface area is 98.9 Å². The molecule has 0 aliphatic carbocycles. The predicted molar refractivity (Wildman–Crippen MR) is 68.6 cm³/mol. The zero-order chi connectivity index (χ0) is 11.2. The Balaban J connectivity index is 1.88. The van der Waals surface area contributed by atoms with Gasteiger partial charge < -0.3 is 5.11 Å². The van der Waals surface area contributed by atoms with Crippen molar-refractivity contribution < 1.29 is 5.11 Å². The highest BCUT2D eigenvalue weighted by molar-refractivity contribution is 7.09. The first kappa shape index (κ1) is 10.9. The number of thiophene rings is 1. The van der Waals surface area contributed by atoms with Gasteiger partial charge in [0.1, 0.15) is 5.75 Å². The number of nitrogens with zero attached hydrogens (tertiary/aromatic N) is 1. The second-order valence-corrected chi connectivity index (χ2v) is 4.46. The van der Waals surface area contributed by atoms with Crippen molar-refractivity contribution in [2.24, 2.45) is 4.99 Å². The van der Waals surface area contributed by atoms with Gasteiger partial charge in [-0.2, -0.15) is 0 Å². The van der Waals surface area contributed by atoms with Crippen LogP contribution in [0.4, 0.5) is 0 Å². The zero-order valence-corrected chi connectivity index (χ0v) is 9.65. The standard InChI is InChI=1S/C13H13NOS/c15-13-6-2-1-4-11(13)10-14-8-7-12-5-3-9-16-12/h1-6,9-10,15H,7-8H2. The van der Waals surface area contributed by atoms with Crippen molar-refractivity contribution in [3.05, 3.63) is 52.2 Å². The molecule has 1 aromatic carbocycles. The fourth-order valence-corrected chi connectivity index (χ4v) is 2.09. The highest BCUT2D eigenvalue weighted by Gasteiger charge is 1.95. The largest absolute Gasteiger partial charge is 0.507 e. The van der Waals surface area contributed by atoms with Crippen LogP contribution in [-0.4, -0.2) is 17.9 Å². The van der Waals surface area contributed by atoms with Crippen LogP contribution in [-0.2, 0) is 6.42 Å². The molecule has 16 heavy (non-hydrogen) atoms. The maximum Gasteiger partial charge on any atom is 0.124 e. The number of hydrogen-bond donors (Lipinski definition) is 1. The Hall–Kier alpha value is -1.61. The van der Waals surface area contributed by atoms with Crippen molar-refractivity contribution in [1.82, 2.24) is 0 Å². The van der Waals surface area contributed by atoms with Gasteiger partial charge in [-0.15, -0.1) is 11.3 Å². The monoisotopic (exact) mass is 231 g/mol. The Morgan fingerprint density at radius 1 is 1.19 bits per heavy atom. The molecule has 2 rings (SSSR count). The van der Waals surface area contributed by atoms with Gasteiger partial charge in [-0.3, -0.25) is 4.99 Å². The van der Waals surface area contributed by atoms with E-state index in [2.05, 4.69) is 16.4 Å². The summed E-state index contributed by atoms with van der Waals surface area (Å²) in [6, 6.07) is 11.4. The fourth-order valence-electron chi connectivity index (χ4n) is 1.39. The third-order valence-electron chi connectivity index (χ3n) is 2.23. The van der Waals surface area contributed by atoms with E-state index in [1.165, 1.54) is 4.88 Å². The molecule has 0 unspecified atom stereocenters. The van der Waals surface area contributed by atoms with E-state index in [1.807, 2.05) is 18.2 Å². The van der Waals surface area contributed by atoms with Gasteiger partial charge in [0, 0.05) is 29.6 Å². The quantitative estimate of drug-likeness (QED) is 0.806. The minimum atomic E-state index is 0.280. The smallest absolute Gasteiger partial charge is 0.124 e. The van der Waals surface area contributed by atoms with E-state index in [0.29, 0.717) is 0 Å². The number of benzene rings is 1. The van der Waals surface area contributed by atoms with Crippen LogP contribution >= 0.6 is 11.3 Å². The Morgan fingerprint density at radius 3 is 2.81 bits per heavy atom. The molecule has 1 heterocycles. The molecule has 0 saturated heterocycles. The van der Waals surface area contributed by atoms with E-state index in [4.69, 9.17) is 0 Å². The summed E-state index contributed by atoms with van der Waals surface area (Å²) in [6.07, 6.45) is 2.69. The topological polar surface area (TPSA) is 32.6 Å². The van der Waals surface area contributed by atoms with E-state index >= 15 is 0 Å². The van der Waals surface area contributed by atoms with Gasteiger partial charge in [-0.1, -0.05) is 18.2 Å². The molecule has 0 radical (unpaired) electrons. The molecule has 0 saturated carbocycles. The van der Waals surface area contributed by atoms with Crippen LogP contribution in [0.25, 0.3) is 0 Å². The second-order valence-electron chi connectivity index (χ2n) is 3.42. The second kappa shape index (κ2) is 5.47. The molecule has 82 valence electrons. The molecule has 0 bridgehead atoms. The van der Waals surface area contributed by atoms with E-state index in [0.717, 1.165) is 18.5 Å². The molecule has 0 atom stereocenters. The molecule has 0 amide bonds. The highest BCUT2D eigenvalue weighted by atomic mass is 32.1. The minimum Gasteiger partial charge on any atom is -0.507 e. The van der Waals surface area contributed by atoms with Crippen LogP contribution in [0.5, 0.6) is 5.75 Å². The van der Waals surface area contributed by atoms with Crippen molar-refractivity contribution in [2.45, 2.75) is 6.42 Å². The molecule has 0 aliphatic heterocycles. The first-order chi connectivity index (χ1) is 7.86. The molecule has 3 heteroatoms. The summed E-state index contributed by atoms with van der Waals surface area (Å²) in [6.45, 7) is 0.759. The number of para-hydroxylation sites is 1. The predicted octanol–water partition coefficient (Wildman–Crippen LogP) is 3.12. The SMILES string of the molecule is Oc1ccccc1C=NCCc1cccs1. The molecule has 0 fully saturated rings. The number of phenols is 1. The van der Waals surface area contributed by atoms with Gasteiger partial charge in [-0.05, 0) is 23.6 Å². The van der Waals surface area contributed by atoms with E-state index < -0.39 is 0 Å². The van der Waals surface area contributed by atoms with Gasteiger partial charge in [0.15, 0.2) is 0 Å². The number of phenolic OH excluding ortho intramolecular Hbond substituents is 1. The van der Waals surface area contributed by atoms with Crippen LogP contribution in [0.3, 0.4) is 0 Å². The lowest BCUT2D eigenvalue weighted by molar-refractivity contribution is 0.474. The first-order valence-corrected chi connectivity index (χ1v) is 6.04. The number of hydrogen-bond acceptors (Lipinski definition) is 3. The Morgan fingerprint density at radius 2 is 2.06 bits per heavy atom. The lowest BCUT2D eigenvalue weighted by Gasteiger charge is -1.96. The van der Waals surface area contributed by atoms with Crippen molar-refractivity contribution in [2.75, 3.05) is 6.54 Å². The average molecular weight is 231 g/mol. The molecular weight excluding hydrogens is 218 g/mol. The summed E-state index contributed by atoms with van der Waals surface area (Å²) >= 11 is 1.75. The molecule has 0 spiro atoms. The van der Waals surface area contributed by atoms with Crippen LogP contribution in [0.1, 0.15) is 10.4 Å². The normalized spacial score (nSPS) is 11.0. The summed E-state index contributed by atoms with van der Waals surface area (Å²) < 4.78 is 0. The lowest BCUT2D eigenvalue weighted by atomic mass is 10.2. The summed E-state index contributed by atoms with van der Waals surface area (Å²) in [5, 5.41) is 11.6. The lowest BCUT2D eigenvalue weighted by Crippen LogP contribution is -1.88. The molecule has 2 nitrogen and oxygen atoms in total. The van der Waals surface area contributed by atoms with E-state index in [9.17, 15) is 5.11 Å². The van der Waals surface area contributed by atoms with Gasteiger partial charge in [0.2, 0.25) is 0 Å². The minimum absolute atomic E-state index is 0.280. The zero-order valence-electron chi connectivity index (χ0n) is 8.84. The first-order valence-electron chi connectivity index (χ1n) is 5.16. The molecule has 2 aromatic rings. The molecule has 1 N–H and O–H groups in total. The van der Waals surface area contributed by atoms with Crippen molar-refractivity contribution in [3.8, 4) is 5.75 Å². The van der Waals surface area contributed by atoms with Crippen LogP contribution in [0, 0.1) is 0 Å². The molecular formula is C13H13NOS. The number of rotatable bonds is 4. The molecule has 1 aromatic heterocycles. The van der Waals surface area contributed by atoms with E-state index in [1.54, 1.807) is 29.7 Å². The highest BCUT2D eigenvalue weighted by Crippen LogP contribution is 2.13. The van der Waals surface area contributed by atoms with Crippen molar-refractivity contribution >= 4 is 17.6 Å². The van der Waals surface area contributed by atoms with Crippen LogP contribution in [0.2, 0.25) is 0 Å². The Kier molecular flexibility index (Phi) is 3.72. The van der Waals surface area contributed by atoms with Gasteiger partial charge >= 0.3 is 0 Å².